The van der Waals surface area contributed by atoms with Crippen molar-refractivity contribution in [2.24, 2.45) is 0 Å². The number of hydrogen-bond donors (Lipinski definition) is 0. The first-order valence-electron chi connectivity index (χ1n) is 4.47. The molecule has 0 amide bonds. The van der Waals surface area contributed by atoms with Gasteiger partial charge in [0.2, 0.25) is 0 Å². The molecule has 0 saturated heterocycles. The van der Waals surface area contributed by atoms with Crippen LogP contribution in [0.5, 0.6) is 0 Å². The lowest BCUT2D eigenvalue weighted by Gasteiger charge is -2.03. The molecule has 0 aliphatic carbocycles. The van der Waals surface area contributed by atoms with Crippen molar-refractivity contribution in [2.75, 3.05) is 0 Å². The van der Waals surface area contributed by atoms with Gasteiger partial charge in [-0.2, -0.15) is 23.3 Å². The van der Waals surface area contributed by atoms with Gasteiger partial charge < -0.3 is 4.42 Å². The summed E-state index contributed by atoms with van der Waals surface area (Å²) in [5.41, 5.74) is 3.79. The first-order valence-corrected chi connectivity index (χ1v) is 4.47. The van der Waals surface area contributed by atoms with Gasteiger partial charge in [-0.3, -0.25) is 0 Å². The zero-order valence-corrected chi connectivity index (χ0v) is 8.22. The van der Waals surface area contributed by atoms with Gasteiger partial charge in [0.1, 0.15) is 0 Å². The van der Waals surface area contributed by atoms with E-state index in [9.17, 15) is 0 Å². The first-order chi connectivity index (χ1) is 6.16. The highest BCUT2D eigenvalue weighted by molar-refractivity contribution is 5.64. The van der Waals surface area contributed by atoms with E-state index in [0.717, 1.165) is 11.5 Å². The number of aryl methyl sites for hydroxylation is 3. The molecule has 0 N–H and O–H groups in total. The Morgan fingerprint density at radius 1 is 1.15 bits per heavy atom. The SMILES string of the molecule is Cc1ccc(-c2c[c-](C)cc2C)o1. The topological polar surface area (TPSA) is 13.1 Å². The third-order valence-corrected chi connectivity index (χ3v) is 2.25. The molecule has 0 atom stereocenters. The molecule has 1 aromatic carbocycles. The average molecular weight is 173 g/mol. The van der Waals surface area contributed by atoms with E-state index in [1.165, 1.54) is 16.7 Å². The molecule has 0 unspecified atom stereocenters. The summed E-state index contributed by atoms with van der Waals surface area (Å²) < 4.78 is 5.56. The van der Waals surface area contributed by atoms with E-state index in [0.29, 0.717) is 0 Å². The summed E-state index contributed by atoms with van der Waals surface area (Å²) in [6, 6.07) is 8.36. The molecule has 13 heavy (non-hydrogen) atoms. The van der Waals surface area contributed by atoms with Crippen molar-refractivity contribution in [2.45, 2.75) is 20.8 Å². The van der Waals surface area contributed by atoms with E-state index in [-0.39, 0.29) is 0 Å². The second-order valence-electron chi connectivity index (χ2n) is 3.54. The summed E-state index contributed by atoms with van der Waals surface area (Å²) in [7, 11) is 0. The van der Waals surface area contributed by atoms with Gasteiger partial charge in [-0.15, -0.1) is 5.56 Å². The van der Waals surface area contributed by atoms with Crippen molar-refractivity contribution < 1.29 is 4.42 Å². The molecule has 2 aromatic rings. The van der Waals surface area contributed by atoms with Crippen molar-refractivity contribution in [3.05, 3.63) is 41.2 Å². The molecule has 1 aromatic heterocycles. The maximum Gasteiger partial charge on any atom is 0.0994 e. The van der Waals surface area contributed by atoms with E-state index in [1.54, 1.807) is 0 Å². The Labute approximate surface area is 78.4 Å². The Morgan fingerprint density at radius 3 is 2.38 bits per heavy atom. The highest BCUT2D eigenvalue weighted by Gasteiger charge is 1.98. The van der Waals surface area contributed by atoms with Crippen LogP contribution in [0.15, 0.2) is 28.7 Å². The summed E-state index contributed by atoms with van der Waals surface area (Å²) in [5, 5.41) is 0. The molecule has 1 heterocycles. The molecule has 0 bridgehead atoms. The van der Waals surface area contributed by atoms with E-state index in [1.807, 2.05) is 19.1 Å². The van der Waals surface area contributed by atoms with Gasteiger partial charge in [0.15, 0.2) is 0 Å². The normalized spacial score (nSPS) is 10.7. The van der Waals surface area contributed by atoms with Crippen LogP contribution in [-0.2, 0) is 0 Å². The molecule has 0 spiro atoms. The number of rotatable bonds is 1. The third-order valence-electron chi connectivity index (χ3n) is 2.25. The minimum atomic E-state index is 0.966. The van der Waals surface area contributed by atoms with Gasteiger partial charge in [-0.05, 0) is 19.1 Å². The van der Waals surface area contributed by atoms with Crippen LogP contribution in [0.25, 0.3) is 11.3 Å². The molecule has 0 saturated carbocycles. The number of furan rings is 1. The minimum absolute atomic E-state index is 0.966. The van der Waals surface area contributed by atoms with Crippen LogP contribution in [0.1, 0.15) is 16.9 Å². The van der Waals surface area contributed by atoms with Crippen LogP contribution in [0.3, 0.4) is 0 Å². The molecule has 0 aliphatic heterocycles. The summed E-state index contributed by atoms with van der Waals surface area (Å²) >= 11 is 0. The van der Waals surface area contributed by atoms with Crippen LogP contribution >= 0.6 is 0 Å². The summed E-state index contributed by atoms with van der Waals surface area (Å²) in [4.78, 5) is 0. The fraction of sp³-hybridized carbons (Fsp3) is 0.250. The molecule has 68 valence electrons. The van der Waals surface area contributed by atoms with E-state index < -0.39 is 0 Å². The first kappa shape index (κ1) is 8.24. The summed E-state index contributed by atoms with van der Waals surface area (Å²) in [5.74, 6) is 1.94. The van der Waals surface area contributed by atoms with E-state index in [4.69, 9.17) is 4.42 Å². The molecule has 0 fully saturated rings. The Morgan fingerprint density at radius 2 is 1.92 bits per heavy atom. The Kier molecular flexibility index (Phi) is 1.80. The van der Waals surface area contributed by atoms with Crippen LogP contribution in [-0.4, -0.2) is 0 Å². The lowest BCUT2D eigenvalue weighted by molar-refractivity contribution is 0.548. The predicted octanol–water partition coefficient (Wildman–Crippen LogP) is 3.59. The monoisotopic (exact) mass is 173 g/mol. The van der Waals surface area contributed by atoms with Crippen LogP contribution < -0.4 is 0 Å². The molecule has 1 nitrogen and oxygen atoms in total. The molecular formula is C12H13O-. The molecule has 0 aliphatic rings. The smallest absolute Gasteiger partial charge is 0.0994 e. The highest BCUT2D eigenvalue weighted by atomic mass is 16.3. The lowest BCUT2D eigenvalue weighted by Crippen LogP contribution is -1.70. The fourth-order valence-corrected chi connectivity index (χ4v) is 1.65. The Balaban J connectivity index is 2.51. The van der Waals surface area contributed by atoms with Gasteiger partial charge in [0.25, 0.3) is 0 Å². The minimum Gasteiger partial charge on any atom is -0.475 e. The van der Waals surface area contributed by atoms with Gasteiger partial charge in [0.05, 0.1) is 11.5 Å². The van der Waals surface area contributed by atoms with Gasteiger partial charge >= 0.3 is 0 Å². The molecule has 2 rings (SSSR count). The van der Waals surface area contributed by atoms with Gasteiger partial charge in [0, 0.05) is 0 Å². The maximum atomic E-state index is 5.56. The Bertz CT molecular complexity index is 418. The highest BCUT2D eigenvalue weighted by Crippen LogP contribution is 2.27. The van der Waals surface area contributed by atoms with Gasteiger partial charge in [-0.1, -0.05) is 13.8 Å². The third kappa shape index (κ3) is 1.42. The van der Waals surface area contributed by atoms with Crippen molar-refractivity contribution >= 4 is 0 Å². The average Bonchev–Trinajstić information content (AvgIpc) is 2.58. The van der Waals surface area contributed by atoms with Crippen LogP contribution in [0.2, 0.25) is 0 Å². The second-order valence-corrected chi connectivity index (χ2v) is 3.54. The lowest BCUT2D eigenvalue weighted by atomic mass is 10.2. The summed E-state index contributed by atoms with van der Waals surface area (Å²) in [6.45, 7) is 6.18. The van der Waals surface area contributed by atoms with Crippen molar-refractivity contribution in [3.63, 3.8) is 0 Å². The van der Waals surface area contributed by atoms with E-state index >= 15 is 0 Å². The van der Waals surface area contributed by atoms with Crippen LogP contribution in [0.4, 0.5) is 0 Å². The van der Waals surface area contributed by atoms with Crippen molar-refractivity contribution in [1.82, 2.24) is 0 Å². The quantitative estimate of drug-likeness (QED) is 0.600. The van der Waals surface area contributed by atoms with Crippen molar-refractivity contribution in [1.29, 1.82) is 0 Å². The van der Waals surface area contributed by atoms with Crippen molar-refractivity contribution in [3.8, 4) is 11.3 Å². The van der Waals surface area contributed by atoms with Gasteiger partial charge in [-0.25, -0.2) is 0 Å². The predicted molar refractivity (Wildman–Crippen MR) is 53.9 cm³/mol. The largest absolute Gasteiger partial charge is 0.475 e. The van der Waals surface area contributed by atoms with E-state index in [2.05, 4.69) is 26.0 Å². The zero-order chi connectivity index (χ0) is 9.42. The molecular weight excluding hydrogens is 160 g/mol. The Hall–Kier alpha value is -1.37. The molecule has 1 heteroatoms. The fourth-order valence-electron chi connectivity index (χ4n) is 1.65. The van der Waals surface area contributed by atoms with Crippen LogP contribution in [0, 0.1) is 20.8 Å². The molecule has 0 radical (unpaired) electrons. The standard InChI is InChI=1S/C12H13O/c1-8-6-9(2)11(7-8)12-5-4-10(3)13-12/h4-7H,1-3H3/q-1. The number of hydrogen-bond acceptors (Lipinski definition) is 1. The summed E-state index contributed by atoms with van der Waals surface area (Å²) in [6.07, 6.45) is 0. The zero-order valence-electron chi connectivity index (χ0n) is 8.22. The maximum absolute atomic E-state index is 5.56. The second kappa shape index (κ2) is 2.84.